The van der Waals surface area contributed by atoms with Crippen molar-refractivity contribution >= 4 is 17.7 Å². The fraction of sp³-hybridized carbons (Fsp3) is 0.308. The fourth-order valence-corrected chi connectivity index (χ4v) is 2.10. The van der Waals surface area contributed by atoms with E-state index in [1.54, 1.807) is 12.3 Å². The second kappa shape index (κ2) is 5.51. The van der Waals surface area contributed by atoms with Gasteiger partial charge in [0.05, 0.1) is 5.69 Å². The van der Waals surface area contributed by atoms with Gasteiger partial charge in [-0.1, -0.05) is 12.7 Å². The first-order valence-corrected chi connectivity index (χ1v) is 5.87. The highest BCUT2D eigenvalue weighted by atomic mass is 16.6. The third kappa shape index (κ3) is 2.57. The normalized spacial score (nSPS) is 17.5. The zero-order chi connectivity index (χ0) is 13.8. The van der Waals surface area contributed by atoms with Crippen LogP contribution in [0.2, 0.25) is 0 Å². The molecule has 1 aliphatic rings. The predicted octanol–water partition coefficient (Wildman–Crippen LogP) is 1.61. The van der Waals surface area contributed by atoms with Crippen LogP contribution in [0.5, 0.6) is 0 Å². The van der Waals surface area contributed by atoms with Gasteiger partial charge in [-0.2, -0.15) is 0 Å². The smallest absolute Gasteiger partial charge is 0.415 e. The van der Waals surface area contributed by atoms with Crippen LogP contribution in [0.1, 0.15) is 12.0 Å². The first kappa shape index (κ1) is 13.1. The molecule has 0 aliphatic carbocycles. The van der Waals surface area contributed by atoms with Crippen molar-refractivity contribution in [1.29, 1.82) is 0 Å². The molecule has 1 amide bonds. The number of carboxylic acids is 1. The highest BCUT2D eigenvalue weighted by molar-refractivity contribution is 5.96. The number of amides is 1. The van der Waals surface area contributed by atoms with Crippen molar-refractivity contribution < 1.29 is 19.4 Å². The number of rotatable bonds is 3. The van der Waals surface area contributed by atoms with Crippen molar-refractivity contribution in [3.63, 3.8) is 0 Å². The molecule has 0 saturated carbocycles. The van der Waals surface area contributed by atoms with Crippen LogP contribution in [0.25, 0.3) is 0 Å². The molecule has 100 valence electrons. The lowest BCUT2D eigenvalue weighted by Gasteiger charge is -2.33. The van der Waals surface area contributed by atoms with Gasteiger partial charge < -0.3 is 9.84 Å². The third-order valence-corrected chi connectivity index (χ3v) is 2.94. The number of carboxylic acid groups (broad SMARTS) is 1. The second-order valence-corrected chi connectivity index (χ2v) is 4.13. The number of nitrogens with zero attached hydrogens (tertiary/aromatic N) is 2. The summed E-state index contributed by atoms with van der Waals surface area (Å²) >= 11 is 0. The molecule has 0 spiro atoms. The Kier molecular flexibility index (Phi) is 3.79. The molecule has 0 bridgehead atoms. The third-order valence-electron chi connectivity index (χ3n) is 2.94. The lowest BCUT2D eigenvalue weighted by Crippen LogP contribution is -2.48. The maximum absolute atomic E-state index is 12.0. The van der Waals surface area contributed by atoms with Crippen LogP contribution >= 0.6 is 0 Å². The first-order valence-electron chi connectivity index (χ1n) is 5.87. The molecule has 1 N–H and O–H groups in total. The number of aliphatic carboxylic acids is 1. The highest BCUT2D eigenvalue weighted by Crippen LogP contribution is 2.30. The molecule has 1 aliphatic heterocycles. The molecule has 1 aromatic rings. The Labute approximate surface area is 110 Å². The summed E-state index contributed by atoms with van der Waals surface area (Å²) in [6.45, 7) is 3.50. The quantitative estimate of drug-likeness (QED) is 0.837. The number of ether oxygens (including phenoxy) is 1. The molecule has 0 fully saturated rings. The average molecular weight is 262 g/mol. The fourth-order valence-electron chi connectivity index (χ4n) is 2.10. The van der Waals surface area contributed by atoms with Crippen LogP contribution in [0.3, 0.4) is 0 Å². The minimum Gasteiger partial charge on any atom is -0.480 e. The molecule has 2 heterocycles. The summed E-state index contributed by atoms with van der Waals surface area (Å²) in [5.74, 6) is -1.04. The Morgan fingerprint density at radius 3 is 3.11 bits per heavy atom. The van der Waals surface area contributed by atoms with Gasteiger partial charge in [0.2, 0.25) is 0 Å². The SMILES string of the molecule is C=CCOC(=O)N1c2ccncc2CCC1C(=O)O. The molecular formula is C13H14N2O4. The zero-order valence-corrected chi connectivity index (χ0v) is 10.3. The summed E-state index contributed by atoms with van der Waals surface area (Å²) in [7, 11) is 0. The van der Waals surface area contributed by atoms with E-state index in [2.05, 4.69) is 11.6 Å². The number of carbonyl (C=O) groups excluding carboxylic acids is 1. The van der Waals surface area contributed by atoms with Gasteiger partial charge in [-0.3, -0.25) is 9.88 Å². The molecule has 19 heavy (non-hydrogen) atoms. The number of aryl methyl sites for hydroxylation is 1. The van der Waals surface area contributed by atoms with Crippen molar-refractivity contribution in [3.8, 4) is 0 Å². The second-order valence-electron chi connectivity index (χ2n) is 4.13. The summed E-state index contributed by atoms with van der Waals surface area (Å²) in [4.78, 5) is 28.4. The summed E-state index contributed by atoms with van der Waals surface area (Å²) < 4.78 is 4.95. The van der Waals surface area contributed by atoms with Gasteiger partial charge in [-0.05, 0) is 24.5 Å². The molecule has 0 aromatic carbocycles. The van der Waals surface area contributed by atoms with Gasteiger partial charge in [0, 0.05) is 12.4 Å². The molecule has 6 heteroatoms. The van der Waals surface area contributed by atoms with E-state index in [-0.39, 0.29) is 6.61 Å². The van der Waals surface area contributed by atoms with E-state index >= 15 is 0 Å². The van der Waals surface area contributed by atoms with Gasteiger partial charge in [-0.15, -0.1) is 0 Å². The van der Waals surface area contributed by atoms with Crippen molar-refractivity contribution in [2.45, 2.75) is 18.9 Å². The number of pyridine rings is 1. The monoisotopic (exact) mass is 262 g/mol. The highest BCUT2D eigenvalue weighted by Gasteiger charge is 2.36. The van der Waals surface area contributed by atoms with Crippen LogP contribution in [0.15, 0.2) is 31.1 Å². The molecular weight excluding hydrogens is 248 g/mol. The van der Waals surface area contributed by atoms with Gasteiger partial charge in [-0.25, -0.2) is 9.59 Å². The molecule has 1 unspecified atom stereocenters. The van der Waals surface area contributed by atoms with Gasteiger partial charge in [0.15, 0.2) is 0 Å². The number of hydrogen-bond acceptors (Lipinski definition) is 4. The summed E-state index contributed by atoms with van der Waals surface area (Å²) in [6.07, 6.45) is 4.84. The van der Waals surface area contributed by atoms with Crippen molar-refractivity contribution in [1.82, 2.24) is 4.98 Å². The number of carbonyl (C=O) groups is 2. The predicted molar refractivity (Wildman–Crippen MR) is 68.0 cm³/mol. The maximum Gasteiger partial charge on any atom is 0.415 e. The maximum atomic E-state index is 12.0. The molecule has 6 nitrogen and oxygen atoms in total. The van der Waals surface area contributed by atoms with E-state index in [9.17, 15) is 14.7 Å². The van der Waals surface area contributed by atoms with Gasteiger partial charge >= 0.3 is 12.1 Å². The molecule has 1 atom stereocenters. The van der Waals surface area contributed by atoms with Crippen molar-refractivity contribution in [2.24, 2.45) is 0 Å². The number of fused-ring (bicyclic) bond motifs is 1. The van der Waals surface area contributed by atoms with Crippen LogP contribution in [-0.4, -0.2) is 34.8 Å². The molecule has 1 aromatic heterocycles. The Morgan fingerprint density at radius 1 is 1.63 bits per heavy atom. The summed E-state index contributed by atoms with van der Waals surface area (Å²) in [5.41, 5.74) is 1.39. The van der Waals surface area contributed by atoms with Gasteiger partial charge in [0.1, 0.15) is 12.6 Å². The molecule has 0 radical (unpaired) electrons. The van der Waals surface area contributed by atoms with Crippen molar-refractivity contribution in [3.05, 3.63) is 36.7 Å². The average Bonchev–Trinajstić information content (AvgIpc) is 2.43. The minimum absolute atomic E-state index is 0.0437. The van der Waals surface area contributed by atoms with E-state index < -0.39 is 18.1 Å². The summed E-state index contributed by atoms with van der Waals surface area (Å²) in [5, 5.41) is 9.22. The van der Waals surface area contributed by atoms with Crippen LogP contribution in [0.4, 0.5) is 10.5 Å². The standard InChI is InChI=1S/C13H14N2O4/c1-2-7-19-13(18)15-10-5-6-14-8-9(10)3-4-11(15)12(16)17/h2,5-6,8,11H,1,3-4,7H2,(H,16,17). The first-order chi connectivity index (χ1) is 9.15. The lowest BCUT2D eigenvalue weighted by molar-refractivity contribution is -0.138. The van der Waals surface area contributed by atoms with E-state index in [0.717, 1.165) is 5.56 Å². The Hall–Kier alpha value is -2.37. The van der Waals surface area contributed by atoms with E-state index in [1.807, 2.05) is 0 Å². The zero-order valence-electron chi connectivity index (χ0n) is 10.3. The van der Waals surface area contributed by atoms with Crippen LogP contribution < -0.4 is 4.90 Å². The minimum atomic E-state index is -1.04. The van der Waals surface area contributed by atoms with Crippen LogP contribution in [-0.2, 0) is 16.0 Å². The van der Waals surface area contributed by atoms with E-state index in [1.165, 1.54) is 17.2 Å². The number of aromatic nitrogens is 1. The lowest BCUT2D eigenvalue weighted by atomic mass is 9.98. The number of hydrogen-bond donors (Lipinski definition) is 1. The number of anilines is 1. The molecule has 2 rings (SSSR count). The van der Waals surface area contributed by atoms with Crippen molar-refractivity contribution in [2.75, 3.05) is 11.5 Å². The van der Waals surface area contributed by atoms with E-state index in [0.29, 0.717) is 18.5 Å². The topological polar surface area (TPSA) is 79.7 Å². The Bertz CT molecular complexity index is 515. The largest absolute Gasteiger partial charge is 0.480 e. The Morgan fingerprint density at radius 2 is 2.42 bits per heavy atom. The summed E-state index contributed by atoms with van der Waals surface area (Å²) in [6, 6.07) is 0.715. The Balaban J connectivity index is 2.35. The van der Waals surface area contributed by atoms with Gasteiger partial charge in [0.25, 0.3) is 0 Å². The van der Waals surface area contributed by atoms with E-state index in [4.69, 9.17) is 4.74 Å². The molecule has 0 saturated heterocycles. The van der Waals surface area contributed by atoms with Crippen LogP contribution in [0, 0.1) is 0 Å².